The highest BCUT2D eigenvalue weighted by molar-refractivity contribution is 5.08. The van der Waals surface area contributed by atoms with Crippen LogP contribution in [0.15, 0.2) is 36.9 Å². The molecule has 0 saturated carbocycles. The number of piperazine rings is 1. The van der Waals surface area contributed by atoms with Crippen molar-refractivity contribution in [2.75, 3.05) is 32.7 Å². The van der Waals surface area contributed by atoms with Gasteiger partial charge in [0.2, 0.25) is 0 Å². The molecule has 1 fully saturated rings. The van der Waals surface area contributed by atoms with E-state index in [0.29, 0.717) is 0 Å². The van der Waals surface area contributed by atoms with Crippen LogP contribution >= 0.6 is 0 Å². The molecule has 0 radical (unpaired) electrons. The van der Waals surface area contributed by atoms with Crippen molar-refractivity contribution in [2.24, 2.45) is 0 Å². The molecule has 0 unspecified atom stereocenters. The summed E-state index contributed by atoms with van der Waals surface area (Å²) >= 11 is 0. The van der Waals surface area contributed by atoms with Crippen molar-refractivity contribution in [3.8, 4) is 0 Å². The second kappa shape index (κ2) is 7.51. The lowest BCUT2D eigenvalue weighted by atomic mass is 10.2. The number of aryl methyl sites for hydroxylation is 1. The largest absolute Gasteiger partial charge is 0.334 e. The Morgan fingerprint density at radius 3 is 2.59 bits per heavy atom. The van der Waals surface area contributed by atoms with Gasteiger partial charge in [0.25, 0.3) is 0 Å². The SMILES string of the molecule is CCc1nccn1CCN1CCN(Cc2cccnc2)CC1. The van der Waals surface area contributed by atoms with E-state index >= 15 is 0 Å². The summed E-state index contributed by atoms with van der Waals surface area (Å²) in [5.41, 5.74) is 1.31. The van der Waals surface area contributed by atoms with Crippen LogP contribution in [0.4, 0.5) is 0 Å². The van der Waals surface area contributed by atoms with Gasteiger partial charge in [0.05, 0.1) is 0 Å². The molecule has 1 aliphatic rings. The van der Waals surface area contributed by atoms with Gasteiger partial charge in [-0.3, -0.25) is 14.8 Å². The summed E-state index contributed by atoms with van der Waals surface area (Å²) in [6.45, 7) is 9.92. The zero-order valence-corrected chi connectivity index (χ0v) is 13.4. The summed E-state index contributed by atoms with van der Waals surface area (Å²) in [6, 6.07) is 4.17. The van der Waals surface area contributed by atoms with Gasteiger partial charge in [-0.25, -0.2) is 4.98 Å². The maximum Gasteiger partial charge on any atom is 0.108 e. The summed E-state index contributed by atoms with van der Waals surface area (Å²) in [6.07, 6.45) is 8.81. The lowest BCUT2D eigenvalue weighted by molar-refractivity contribution is 0.124. The molecule has 3 rings (SSSR count). The van der Waals surface area contributed by atoms with Crippen LogP contribution in [0.25, 0.3) is 0 Å². The molecule has 0 aromatic carbocycles. The Morgan fingerprint density at radius 1 is 1.05 bits per heavy atom. The Labute approximate surface area is 132 Å². The van der Waals surface area contributed by atoms with Crippen molar-refractivity contribution in [1.29, 1.82) is 0 Å². The number of rotatable bonds is 6. The second-order valence-corrected chi connectivity index (χ2v) is 5.87. The first-order valence-corrected chi connectivity index (χ1v) is 8.19. The molecule has 1 saturated heterocycles. The standard InChI is InChI=1S/C17H25N5/c1-2-17-19-6-7-22(17)13-12-20-8-10-21(11-9-20)15-16-4-3-5-18-14-16/h3-7,14H,2,8-13,15H2,1H3. The van der Waals surface area contributed by atoms with Gasteiger partial charge in [0.1, 0.15) is 5.82 Å². The highest BCUT2D eigenvalue weighted by atomic mass is 15.3. The zero-order chi connectivity index (χ0) is 15.2. The fourth-order valence-electron chi connectivity index (χ4n) is 3.03. The quantitative estimate of drug-likeness (QED) is 0.813. The number of imidazole rings is 1. The van der Waals surface area contributed by atoms with Crippen molar-refractivity contribution in [3.63, 3.8) is 0 Å². The smallest absolute Gasteiger partial charge is 0.108 e. The fraction of sp³-hybridized carbons (Fsp3) is 0.529. The van der Waals surface area contributed by atoms with Gasteiger partial charge < -0.3 is 4.57 Å². The Kier molecular flexibility index (Phi) is 5.19. The molecule has 5 heteroatoms. The van der Waals surface area contributed by atoms with Crippen LogP contribution in [0.5, 0.6) is 0 Å². The molecule has 0 atom stereocenters. The number of nitrogens with zero attached hydrogens (tertiary/aromatic N) is 5. The van der Waals surface area contributed by atoms with Crippen molar-refractivity contribution in [3.05, 3.63) is 48.3 Å². The molecule has 0 N–H and O–H groups in total. The summed E-state index contributed by atoms with van der Waals surface area (Å²) < 4.78 is 2.28. The molecule has 22 heavy (non-hydrogen) atoms. The van der Waals surface area contributed by atoms with Crippen LogP contribution in [0.2, 0.25) is 0 Å². The third-order valence-corrected chi connectivity index (χ3v) is 4.37. The van der Waals surface area contributed by atoms with Gasteiger partial charge in [-0.1, -0.05) is 13.0 Å². The third kappa shape index (κ3) is 3.93. The molecule has 118 valence electrons. The van der Waals surface area contributed by atoms with E-state index in [0.717, 1.165) is 52.2 Å². The molecule has 1 aliphatic heterocycles. The summed E-state index contributed by atoms with van der Waals surface area (Å²) in [5, 5.41) is 0. The first-order valence-electron chi connectivity index (χ1n) is 8.19. The van der Waals surface area contributed by atoms with E-state index in [9.17, 15) is 0 Å². The van der Waals surface area contributed by atoms with Gasteiger partial charge in [0.15, 0.2) is 0 Å². The predicted molar refractivity (Wildman–Crippen MR) is 87.6 cm³/mol. The number of pyridine rings is 1. The van der Waals surface area contributed by atoms with Crippen molar-refractivity contribution >= 4 is 0 Å². The van der Waals surface area contributed by atoms with Gasteiger partial charge in [-0.15, -0.1) is 0 Å². The fourth-order valence-corrected chi connectivity index (χ4v) is 3.03. The molecule has 0 spiro atoms. The highest BCUT2D eigenvalue weighted by Gasteiger charge is 2.16. The minimum absolute atomic E-state index is 1.01. The molecular weight excluding hydrogens is 274 g/mol. The number of hydrogen-bond acceptors (Lipinski definition) is 4. The van der Waals surface area contributed by atoms with E-state index < -0.39 is 0 Å². The lowest BCUT2D eigenvalue weighted by Crippen LogP contribution is -2.46. The van der Waals surface area contributed by atoms with Gasteiger partial charge >= 0.3 is 0 Å². The first-order chi connectivity index (χ1) is 10.8. The van der Waals surface area contributed by atoms with E-state index in [1.54, 1.807) is 0 Å². The zero-order valence-electron chi connectivity index (χ0n) is 13.4. The lowest BCUT2D eigenvalue weighted by Gasteiger charge is -2.34. The first kappa shape index (κ1) is 15.2. The van der Waals surface area contributed by atoms with Crippen molar-refractivity contribution < 1.29 is 0 Å². The minimum Gasteiger partial charge on any atom is -0.334 e. The Bertz CT molecular complexity index is 557. The molecular formula is C17H25N5. The maximum absolute atomic E-state index is 4.39. The minimum atomic E-state index is 1.01. The second-order valence-electron chi connectivity index (χ2n) is 5.87. The topological polar surface area (TPSA) is 37.2 Å². The summed E-state index contributed by atoms with van der Waals surface area (Å²) in [5.74, 6) is 1.19. The normalized spacial score (nSPS) is 17.0. The third-order valence-electron chi connectivity index (χ3n) is 4.37. The molecule has 2 aromatic rings. The van der Waals surface area contributed by atoms with Crippen LogP contribution in [0.3, 0.4) is 0 Å². The average molecular weight is 299 g/mol. The maximum atomic E-state index is 4.39. The number of aromatic nitrogens is 3. The monoisotopic (exact) mass is 299 g/mol. The van der Waals surface area contributed by atoms with E-state index in [1.807, 2.05) is 24.7 Å². The van der Waals surface area contributed by atoms with E-state index in [2.05, 4.69) is 43.5 Å². The molecule has 3 heterocycles. The van der Waals surface area contributed by atoms with Gasteiger partial charge in [-0.05, 0) is 11.6 Å². The molecule has 0 bridgehead atoms. The average Bonchev–Trinajstić information content (AvgIpc) is 3.03. The molecule has 0 amide bonds. The highest BCUT2D eigenvalue weighted by Crippen LogP contribution is 2.08. The van der Waals surface area contributed by atoms with Crippen LogP contribution < -0.4 is 0 Å². The van der Waals surface area contributed by atoms with Crippen molar-refractivity contribution in [1.82, 2.24) is 24.3 Å². The molecule has 2 aromatic heterocycles. The van der Waals surface area contributed by atoms with E-state index in [-0.39, 0.29) is 0 Å². The van der Waals surface area contributed by atoms with Gasteiger partial charge in [0, 0.05) is 77.0 Å². The molecule has 0 aliphatic carbocycles. The Hall–Kier alpha value is -1.72. The van der Waals surface area contributed by atoms with E-state index in [1.165, 1.54) is 11.4 Å². The van der Waals surface area contributed by atoms with Crippen LogP contribution in [0.1, 0.15) is 18.3 Å². The Morgan fingerprint density at radius 2 is 1.86 bits per heavy atom. The van der Waals surface area contributed by atoms with Crippen LogP contribution in [0, 0.1) is 0 Å². The van der Waals surface area contributed by atoms with Crippen LogP contribution in [-0.4, -0.2) is 57.1 Å². The van der Waals surface area contributed by atoms with Crippen molar-refractivity contribution in [2.45, 2.75) is 26.4 Å². The predicted octanol–water partition coefficient (Wildman–Crippen LogP) is 1.66. The van der Waals surface area contributed by atoms with Crippen LogP contribution in [-0.2, 0) is 19.5 Å². The van der Waals surface area contributed by atoms with E-state index in [4.69, 9.17) is 0 Å². The Balaban J connectivity index is 1.42. The summed E-state index contributed by atoms with van der Waals surface area (Å²) in [7, 11) is 0. The number of hydrogen-bond donors (Lipinski definition) is 0. The molecule has 5 nitrogen and oxygen atoms in total. The van der Waals surface area contributed by atoms with Gasteiger partial charge in [-0.2, -0.15) is 0 Å². The summed E-state index contributed by atoms with van der Waals surface area (Å²) in [4.78, 5) is 13.7.